The van der Waals surface area contributed by atoms with Crippen LogP contribution in [0.2, 0.25) is 0 Å². The second-order valence-corrected chi connectivity index (χ2v) is 7.43. The molecule has 2 fully saturated rings. The average molecular weight is 358 g/mol. The Hall–Kier alpha value is -1.96. The molecule has 7 heteroatoms. The summed E-state index contributed by atoms with van der Waals surface area (Å²) in [7, 11) is 0. The lowest BCUT2D eigenvalue weighted by atomic mass is 10.0. The first-order valence-electron chi connectivity index (χ1n) is 9.27. The van der Waals surface area contributed by atoms with Crippen molar-refractivity contribution in [2.45, 2.75) is 25.4 Å². The summed E-state index contributed by atoms with van der Waals surface area (Å²) in [4.78, 5) is 21.4. The van der Waals surface area contributed by atoms with E-state index in [9.17, 15) is 9.90 Å². The van der Waals surface area contributed by atoms with Crippen molar-refractivity contribution < 1.29 is 14.6 Å². The number of aryl methyl sites for hydroxylation is 1. The second-order valence-electron chi connectivity index (χ2n) is 7.43. The van der Waals surface area contributed by atoms with E-state index in [0.717, 1.165) is 30.1 Å². The third kappa shape index (κ3) is 3.47. The first kappa shape index (κ1) is 17.5. The lowest BCUT2D eigenvalue weighted by Gasteiger charge is -2.33. The summed E-state index contributed by atoms with van der Waals surface area (Å²) in [5.41, 5.74) is 1.85. The van der Waals surface area contributed by atoms with Crippen LogP contribution in [0.1, 0.15) is 17.8 Å². The van der Waals surface area contributed by atoms with E-state index in [1.54, 1.807) is 4.90 Å². The van der Waals surface area contributed by atoms with Crippen LogP contribution in [0.25, 0.3) is 5.65 Å². The Morgan fingerprint density at radius 1 is 1.31 bits per heavy atom. The maximum Gasteiger partial charge on any atom is 0.228 e. The highest BCUT2D eigenvalue weighted by atomic mass is 16.5. The quantitative estimate of drug-likeness (QED) is 0.861. The van der Waals surface area contributed by atoms with Gasteiger partial charge in [0.25, 0.3) is 0 Å². The van der Waals surface area contributed by atoms with E-state index in [2.05, 4.69) is 9.88 Å². The van der Waals surface area contributed by atoms with Gasteiger partial charge < -0.3 is 19.1 Å². The number of nitrogens with zero attached hydrogens (tertiary/aromatic N) is 4. The van der Waals surface area contributed by atoms with Gasteiger partial charge >= 0.3 is 0 Å². The number of carbonyl (C=O) groups is 1. The van der Waals surface area contributed by atoms with Crippen LogP contribution in [0.4, 0.5) is 0 Å². The van der Waals surface area contributed by atoms with E-state index >= 15 is 0 Å². The first-order valence-corrected chi connectivity index (χ1v) is 9.27. The SMILES string of the molecule is Cc1nc2ccccn2c1CC(=O)N1CC[C@@](O)(CN2CCOCC2)C1. The molecule has 2 aromatic heterocycles. The number of aromatic nitrogens is 2. The second kappa shape index (κ2) is 6.98. The van der Waals surface area contributed by atoms with Gasteiger partial charge in [-0.3, -0.25) is 9.69 Å². The molecule has 0 aliphatic carbocycles. The van der Waals surface area contributed by atoms with Crippen molar-refractivity contribution in [2.75, 3.05) is 45.9 Å². The standard InChI is InChI=1S/C19H26N4O3/c1-15-16(23-6-3-2-4-17(23)20-15)12-18(24)22-7-5-19(25,14-22)13-21-8-10-26-11-9-21/h2-4,6,25H,5,7-14H2,1H3/t19-/m1/s1. The number of imidazole rings is 1. The lowest BCUT2D eigenvalue weighted by molar-refractivity contribution is -0.130. The van der Waals surface area contributed by atoms with E-state index in [-0.39, 0.29) is 5.91 Å². The lowest BCUT2D eigenvalue weighted by Crippen LogP contribution is -2.49. The van der Waals surface area contributed by atoms with Crippen LogP contribution in [0, 0.1) is 6.92 Å². The van der Waals surface area contributed by atoms with Crippen molar-refractivity contribution in [3.63, 3.8) is 0 Å². The van der Waals surface area contributed by atoms with Crippen LogP contribution in [0.5, 0.6) is 0 Å². The molecule has 4 heterocycles. The molecule has 2 aliphatic rings. The van der Waals surface area contributed by atoms with Crippen molar-refractivity contribution in [1.29, 1.82) is 0 Å². The Balaban J connectivity index is 1.41. The maximum atomic E-state index is 12.8. The largest absolute Gasteiger partial charge is 0.387 e. The molecule has 2 saturated heterocycles. The number of hydrogen-bond donors (Lipinski definition) is 1. The van der Waals surface area contributed by atoms with Gasteiger partial charge in [0.05, 0.1) is 43.2 Å². The normalized spacial score (nSPS) is 24.5. The predicted molar refractivity (Wildman–Crippen MR) is 97.0 cm³/mol. The van der Waals surface area contributed by atoms with Crippen LogP contribution < -0.4 is 0 Å². The van der Waals surface area contributed by atoms with Gasteiger partial charge in [0.2, 0.25) is 5.91 Å². The zero-order valence-electron chi connectivity index (χ0n) is 15.2. The number of carbonyl (C=O) groups excluding carboxylic acids is 1. The minimum Gasteiger partial charge on any atom is -0.387 e. The van der Waals surface area contributed by atoms with Crippen LogP contribution in [-0.2, 0) is 16.0 Å². The molecule has 1 N–H and O–H groups in total. The first-order chi connectivity index (χ1) is 12.5. The molecule has 2 aliphatic heterocycles. The number of aliphatic hydroxyl groups is 1. The van der Waals surface area contributed by atoms with Crippen molar-refractivity contribution in [2.24, 2.45) is 0 Å². The van der Waals surface area contributed by atoms with Crippen molar-refractivity contribution in [3.05, 3.63) is 35.8 Å². The summed E-state index contributed by atoms with van der Waals surface area (Å²) < 4.78 is 7.34. The molecule has 0 spiro atoms. The highest BCUT2D eigenvalue weighted by Crippen LogP contribution is 2.24. The molecule has 0 bridgehead atoms. The molecule has 26 heavy (non-hydrogen) atoms. The van der Waals surface area contributed by atoms with Gasteiger partial charge in [-0.1, -0.05) is 6.07 Å². The minimum absolute atomic E-state index is 0.0525. The van der Waals surface area contributed by atoms with Crippen LogP contribution in [0.3, 0.4) is 0 Å². The van der Waals surface area contributed by atoms with Gasteiger partial charge in [-0.05, 0) is 25.5 Å². The van der Waals surface area contributed by atoms with Gasteiger partial charge in [0.15, 0.2) is 0 Å². The molecule has 4 rings (SSSR count). The fourth-order valence-electron chi connectivity index (χ4n) is 4.01. The van der Waals surface area contributed by atoms with Gasteiger partial charge in [-0.25, -0.2) is 4.98 Å². The molecule has 0 unspecified atom stereocenters. The number of fused-ring (bicyclic) bond motifs is 1. The van der Waals surface area contributed by atoms with E-state index in [4.69, 9.17) is 4.74 Å². The summed E-state index contributed by atoms with van der Waals surface area (Å²) in [5.74, 6) is 0.0525. The number of rotatable bonds is 4. The monoisotopic (exact) mass is 358 g/mol. The Labute approximate surface area is 153 Å². The fourth-order valence-corrected chi connectivity index (χ4v) is 4.01. The van der Waals surface area contributed by atoms with E-state index in [1.165, 1.54) is 0 Å². The maximum absolute atomic E-state index is 12.8. The molecule has 0 aromatic carbocycles. The summed E-state index contributed by atoms with van der Waals surface area (Å²) >= 11 is 0. The molecule has 1 amide bonds. The van der Waals surface area contributed by atoms with E-state index in [0.29, 0.717) is 45.7 Å². The molecule has 7 nitrogen and oxygen atoms in total. The van der Waals surface area contributed by atoms with Crippen LogP contribution >= 0.6 is 0 Å². The van der Waals surface area contributed by atoms with Gasteiger partial charge in [-0.2, -0.15) is 0 Å². The molecule has 1 atom stereocenters. The Morgan fingerprint density at radius 2 is 2.12 bits per heavy atom. The van der Waals surface area contributed by atoms with Crippen molar-refractivity contribution in [1.82, 2.24) is 19.2 Å². The third-order valence-electron chi connectivity index (χ3n) is 5.45. The zero-order valence-corrected chi connectivity index (χ0v) is 15.2. The van der Waals surface area contributed by atoms with Gasteiger partial charge in [0, 0.05) is 32.4 Å². The smallest absolute Gasteiger partial charge is 0.228 e. The topological polar surface area (TPSA) is 70.3 Å². The predicted octanol–water partition coefficient (Wildman–Crippen LogP) is 0.481. The number of hydrogen-bond acceptors (Lipinski definition) is 5. The third-order valence-corrected chi connectivity index (χ3v) is 5.45. The van der Waals surface area contributed by atoms with Gasteiger partial charge in [0.1, 0.15) is 5.65 Å². The van der Waals surface area contributed by atoms with Gasteiger partial charge in [-0.15, -0.1) is 0 Å². The number of pyridine rings is 1. The fraction of sp³-hybridized carbons (Fsp3) is 0.579. The van der Waals surface area contributed by atoms with E-state index in [1.807, 2.05) is 35.7 Å². The molecule has 0 radical (unpaired) electrons. The molecule has 2 aromatic rings. The summed E-state index contributed by atoms with van der Waals surface area (Å²) in [6.07, 6.45) is 2.88. The Kier molecular flexibility index (Phi) is 4.69. The van der Waals surface area contributed by atoms with Crippen molar-refractivity contribution in [3.8, 4) is 0 Å². The van der Waals surface area contributed by atoms with Crippen LogP contribution in [0.15, 0.2) is 24.4 Å². The Bertz CT molecular complexity index is 799. The number of likely N-dealkylation sites (tertiary alicyclic amines) is 1. The minimum atomic E-state index is -0.818. The van der Waals surface area contributed by atoms with Crippen molar-refractivity contribution >= 4 is 11.6 Å². The van der Waals surface area contributed by atoms with E-state index < -0.39 is 5.60 Å². The summed E-state index contributed by atoms with van der Waals surface area (Å²) in [6.45, 7) is 6.67. The Morgan fingerprint density at radius 3 is 2.92 bits per heavy atom. The molecule has 0 saturated carbocycles. The molecular formula is C19H26N4O3. The zero-order chi connectivity index (χ0) is 18.1. The highest BCUT2D eigenvalue weighted by Gasteiger charge is 2.39. The number of β-amino-alcohol motifs (C(OH)–C–C–N with tert-alkyl or cyclic N) is 1. The van der Waals surface area contributed by atoms with Crippen LogP contribution in [-0.4, -0.2) is 81.7 Å². The number of morpholine rings is 1. The average Bonchev–Trinajstić information content (AvgIpc) is 3.17. The highest BCUT2D eigenvalue weighted by molar-refractivity contribution is 5.79. The molecular weight excluding hydrogens is 332 g/mol. The summed E-state index contributed by atoms with van der Waals surface area (Å²) in [6, 6.07) is 5.83. The number of ether oxygens (including phenoxy) is 1. The molecule has 140 valence electrons. The number of amides is 1. The summed E-state index contributed by atoms with van der Waals surface area (Å²) in [5, 5.41) is 10.9.